The summed E-state index contributed by atoms with van der Waals surface area (Å²) in [6, 6.07) is 10.7. The molecule has 0 aliphatic rings. The number of nitrogens with one attached hydrogen (secondary N) is 2. The van der Waals surface area contributed by atoms with Crippen LogP contribution in [0, 0.1) is 0 Å². The number of carbonyl (C=O) groups excluding carboxylic acids is 1. The van der Waals surface area contributed by atoms with Gasteiger partial charge in [0, 0.05) is 16.6 Å². The van der Waals surface area contributed by atoms with Gasteiger partial charge in [-0.05, 0) is 30.3 Å². The van der Waals surface area contributed by atoms with Crippen LogP contribution in [0.1, 0.15) is 10.4 Å². The van der Waals surface area contributed by atoms with Crippen molar-refractivity contribution in [2.75, 3.05) is 0 Å². The monoisotopic (exact) mass is 368 g/mol. The summed E-state index contributed by atoms with van der Waals surface area (Å²) < 4.78 is 27.0. The van der Waals surface area contributed by atoms with Crippen LogP contribution in [0.3, 0.4) is 0 Å². The van der Waals surface area contributed by atoms with E-state index in [-0.39, 0.29) is 15.5 Å². The molecule has 3 aromatic rings. The smallest absolute Gasteiger partial charge is 0.266 e. The first-order valence-corrected chi connectivity index (χ1v) is 8.71. The van der Waals surface area contributed by atoms with E-state index in [4.69, 9.17) is 23.2 Å². The van der Waals surface area contributed by atoms with E-state index in [0.717, 1.165) is 5.39 Å². The van der Waals surface area contributed by atoms with Gasteiger partial charge in [0.2, 0.25) is 0 Å². The molecule has 1 amide bonds. The van der Waals surface area contributed by atoms with Crippen LogP contribution in [-0.2, 0) is 10.0 Å². The van der Waals surface area contributed by atoms with Gasteiger partial charge in [-0.3, -0.25) is 4.79 Å². The Kier molecular flexibility index (Phi) is 4.06. The SMILES string of the molecule is O=C(NS(=O)(=O)c1cccc2cc[nH]c12)c1ccc(Cl)cc1Cl. The summed E-state index contributed by atoms with van der Waals surface area (Å²) >= 11 is 11.7. The van der Waals surface area contributed by atoms with E-state index in [1.807, 2.05) is 4.72 Å². The number of sulfonamides is 1. The number of aromatic nitrogens is 1. The molecule has 2 aromatic carbocycles. The maximum absolute atomic E-state index is 12.5. The maximum atomic E-state index is 12.5. The summed E-state index contributed by atoms with van der Waals surface area (Å²) in [5, 5.41) is 1.15. The lowest BCUT2D eigenvalue weighted by atomic mass is 10.2. The predicted molar refractivity (Wildman–Crippen MR) is 89.4 cm³/mol. The second-order valence-electron chi connectivity index (χ2n) is 4.76. The Morgan fingerprint density at radius 3 is 2.61 bits per heavy atom. The fraction of sp³-hybridized carbons (Fsp3) is 0. The minimum atomic E-state index is -4.05. The number of fused-ring (bicyclic) bond motifs is 1. The molecule has 0 aliphatic heterocycles. The molecule has 0 radical (unpaired) electrons. The molecule has 1 aromatic heterocycles. The molecule has 2 N–H and O–H groups in total. The molecule has 0 aliphatic carbocycles. The number of benzene rings is 2. The van der Waals surface area contributed by atoms with Crippen molar-refractivity contribution in [1.82, 2.24) is 9.71 Å². The van der Waals surface area contributed by atoms with Crippen molar-refractivity contribution in [2.24, 2.45) is 0 Å². The first-order chi connectivity index (χ1) is 10.9. The number of aromatic amines is 1. The van der Waals surface area contributed by atoms with Gasteiger partial charge < -0.3 is 4.98 Å². The van der Waals surface area contributed by atoms with Gasteiger partial charge in [-0.15, -0.1) is 0 Å². The van der Waals surface area contributed by atoms with E-state index in [9.17, 15) is 13.2 Å². The second kappa shape index (κ2) is 5.88. The van der Waals surface area contributed by atoms with Crippen molar-refractivity contribution in [1.29, 1.82) is 0 Å². The van der Waals surface area contributed by atoms with Crippen LogP contribution in [-0.4, -0.2) is 19.3 Å². The molecule has 0 bridgehead atoms. The standard InChI is InChI=1S/C15H10Cl2N2O3S/c16-10-4-5-11(12(17)8-10)15(20)19-23(21,22)13-3-1-2-9-6-7-18-14(9)13/h1-8,18H,(H,19,20). The van der Waals surface area contributed by atoms with Crippen LogP contribution in [0.15, 0.2) is 53.6 Å². The summed E-state index contributed by atoms with van der Waals surface area (Å²) in [4.78, 5) is 15.0. The average molecular weight is 369 g/mol. The van der Waals surface area contributed by atoms with E-state index >= 15 is 0 Å². The fourth-order valence-electron chi connectivity index (χ4n) is 2.19. The quantitative estimate of drug-likeness (QED) is 0.741. The van der Waals surface area contributed by atoms with Crippen LogP contribution < -0.4 is 4.72 Å². The third-order valence-corrected chi connectivity index (χ3v) is 5.16. The molecule has 0 saturated carbocycles. The van der Waals surface area contributed by atoms with Crippen molar-refractivity contribution in [2.45, 2.75) is 4.90 Å². The lowest BCUT2D eigenvalue weighted by Gasteiger charge is -2.09. The molecule has 118 valence electrons. The normalized spacial score (nSPS) is 11.6. The topological polar surface area (TPSA) is 79.0 Å². The number of hydrogen-bond donors (Lipinski definition) is 2. The highest BCUT2D eigenvalue weighted by Crippen LogP contribution is 2.23. The molecule has 3 rings (SSSR count). The highest BCUT2D eigenvalue weighted by atomic mass is 35.5. The average Bonchev–Trinajstić information content (AvgIpc) is 2.94. The van der Waals surface area contributed by atoms with Gasteiger partial charge >= 0.3 is 0 Å². The van der Waals surface area contributed by atoms with E-state index in [2.05, 4.69) is 4.98 Å². The van der Waals surface area contributed by atoms with Gasteiger partial charge in [0.05, 0.1) is 16.1 Å². The summed E-state index contributed by atoms with van der Waals surface area (Å²) in [6.45, 7) is 0. The molecule has 0 spiro atoms. The Morgan fingerprint density at radius 2 is 1.87 bits per heavy atom. The van der Waals surface area contributed by atoms with Gasteiger partial charge in [-0.25, -0.2) is 13.1 Å². The molecule has 0 unspecified atom stereocenters. The number of rotatable bonds is 3. The molecule has 8 heteroatoms. The van der Waals surface area contributed by atoms with E-state index in [0.29, 0.717) is 10.5 Å². The number of halogens is 2. The minimum absolute atomic E-state index is 0.0153. The van der Waals surface area contributed by atoms with E-state index in [1.54, 1.807) is 24.4 Å². The number of hydrogen-bond acceptors (Lipinski definition) is 3. The Labute approximate surface area is 142 Å². The van der Waals surface area contributed by atoms with Crippen molar-refractivity contribution in [3.05, 3.63) is 64.3 Å². The van der Waals surface area contributed by atoms with Gasteiger partial charge in [0.1, 0.15) is 4.90 Å². The van der Waals surface area contributed by atoms with Gasteiger partial charge in [-0.1, -0.05) is 35.3 Å². The van der Waals surface area contributed by atoms with Crippen molar-refractivity contribution in [3.63, 3.8) is 0 Å². The van der Waals surface area contributed by atoms with E-state index in [1.165, 1.54) is 24.3 Å². The van der Waals surface area contributed by atoms with Crippen LogP contribution in [0.25, 0.3) is 10.9 Å². The largest absolute Gasteiger partial charge is 0.360 e. The van der Waals surface area contributed by atoms with Gasteiger partial charge in [-0.2, -0.15) is 0 Å². The summed E-state index contributed by atoms with van der Waals surface area (Å²) in [5.74, 6) is -0.824. The zero-order valence-electron chi connectivity index (χ0n) is 11.5. The van der Waals surface area contributed by atoms with Crippen LogP contribution in [0.5, 0.6) is 0 Å². The molecule has 5 nitrogen and oxygen atoms in total. The minimum Gasteiger partial charge on any atom is -0.360 e. The second-order valence-corrected chi connectivity index (χ2v) is 7.25. The van der Waals surface area contributed by atoms with E-state index < -0.39 is 15.9 Å². The first kappa shape index (κ1) is 15.9. The Morgan fingerprint density at radius 1 is 1.09 bits per heavy atom. The van der Waals surface area contributed by atoms with Gasteiger partial charge in [0.15, 0.2) is 0 Å². The molecular weight excluding hydrogens is 359 g/mol. The fourth-order valence-corrected chi connectivity index (χ4v) is 3.85. The predicted octanol–water partition coefficient (Wildman–Crippen LogP) is 3.59. The zero-order valence-corrected chi connectivity index (χ0v) is 13.8. The third kappa shape index (κ3) is 3.06. The zero-order chi connectivity index (χ0) is 16.6. The lowest BCUT2D eigenvalue weighted by molar-refractivity contribution is 0.0981. The molecule has 23 heavy (non-hydrogen) atoms. The van der Waals surface area contributed by atoms with Crippen molar-refractivity contribution < 1.29 is 13.2 Å². The Hall–Kier alpha value is -2.02. The van der Waals surface area contributed by atoms with Crippen LogP contribution >= 0.6 is 23.2 Å². The molecule has 0 atom stereocenters. The third-order valence-electron chi connectivity index (χ3n) is 3.24. The number of amides is 1. The Balaban J connectivity index is 1.98. The first-order valence-electron chi connectivity index (χ1n) is 6.47. The summed E-state index contributed by atoms with van der Waals surface area (Å²) in [6.07, 6.45) is 1.63. The van der Waals surface area contributed by atoms with Crippen LogP contribution in [0.4, 0.5) is 0 Å². The van der Waals surface area contributed by atoms with Crippen molar-refractivity contribution in [3.8, 4) is 0 Å². The lowest BCUT2D eigenvalue weighted by Crippen LogP contribution is -2.31. The number of carbonyl (C=O) groups is 1. The molecule has 0 saturated heterocycles. The highest BCUT2D eigenvalue weighted by Gasteiger charge is 2.22. The summed E-state index contributed by atoms with van der Waals surface area (Å²) in [5.41, 5.74) is 0.452. The molecule has 1 heterocycles. The summed E-state index contributed by atoms with van der Waals surface area (Å²) in [7, 11) is -4.05. The van der Waals surface area contributed by atoms with Crippen molar-refractivity contribution >= 4 is 50.0 Å². The highest BCUT2D eigenvalue weighted by molar-refractivity contribution is 7.90. The van der Waals surface area contributed by atoms with Crippen LogP contribution in [0.2, 0.25) is 10.0 Å². The van der Waals surface area contributed by atoms with Gasteiger partial charge in [0.25, 0.3) is 15.9 Å². The number of H-pyrrole nitrogens is 1. The maximum Gasteiger partial charge on any atom is 0.266 e. The Bertz CT molecular complexity index is 1010. The number of para-hydroxylation sites is 1. The molecule has 0 fully saturated rings. The molecular formula is C15H10Cl2N2O3S.